The zero-order valence-corrected chi connectivity index (χ0v) is 22.8. The Hall–Kier alpha value is -2.62. The second-order valence-electron chi connectivity index (χ2n) is 13.4. The zero-order chi connectivity index (χ0) is 25.1. The molecule has 4 heteroatoms. The highest BCUT2D eigenvalue weighted by Gasteiger charge is 2.32. The summed E-state index contributed by atoms with van der Waals surface area (Å²) >= 11 is 0. The standard InChI is InChI=1S/C30H42N4/c1-27(2,3)21-17-33-24-20(21)15-31-16-23(24)30(9,10)13-12-29(7,8)22-18-34-25-19(22)11-14-32-26(25)28(4,5)6/h11,14-18,33-34H,12-13H2,1-10H3. The normalized spacial score (nSPS) is 13.8. The van der Waals surface area contributed by atoms with Crippen LogP contribution in [0.15, 0.2) is 37.1 Å². The molecule has 0 saturated carbocycles. The van der Waals surface area contributed by atoms with E-state index in [-0.39, 0.29) is 21.7 Å². The molecule has 0 unspecified atom stereocenters. The smallest absolute Gasteiger partial charge is 0.0697 e. The Balaban J connectivity index is 1.65. The predicted molar refractivity (Wildman–Crippen MR) is 145 cm³/mol. The third-order valence-corrected chi connectivity index (χ3v) is 7.55. The maximum atomic E-state index is 4.70. The van der Waals surface area contributed by atoms with Crippen LogP contribution in [0.1, 0.15) is 104 Å². The Morgan fingerprint density at radius 1 is 0.647 bits per heavy atom. The minimum absolute atomic E-state index is 0.00139. The highest BCUT2D eigenvalue weighted by Crippen LogP contribution is 2.42. The summed E-state index contributed by atoms with van der Waals surface area (Å²) in [5.41, 5.74) is 7.65. The number of aromatic nitrogens is 4. The molecule has 0 atom stereocenters. The summed E-state index contributed by atoms with van der Waals surface area (Å²) in [4.78, 5) is 16.5. The van der Waals surface area contributed by atoms with Crippen LogP contribution in [0.3, 0.4) is 0 Å². The number of pyridine rings is 2. The van der Waals surface area contributed by atoms with Gasteiger partial charge in [-0.2, -0.15) is 0 Å². The molecule has 34 heavy (non-hydrogen) atoms. The van der Waals surface area contributed by atoms with E-state index in [1.807, 2.05) is 12.4 Å². The fraction of sp³-hybridized carbons (Fsp3) is 0.533. The summed E-state index contributed by atoms with van der Waals surface area (Å²) < 4.78 is 0. The van der Waals surface area contributed by atoms with E-state index < -0.39 is 0 Å². The summed E-state index contributed by atoms with van der Waals surface area (Å²) in [5, 5.41) is 2.54. The summed E-state index contributed by atoms with van der Waals surface area (Å²) in [7, 11) is 0. The molecule has 0 spiro atoms. The van der Waals surface area contributed by atoms with Gasteiger partial charge >= 0.3 is 0 Å². The lowest BCUT2D eigenvalue weighted by atomic mass is 9.72. The van der Waals surface area contributed by atoms with Gasteiger partial charge in [0.05, 0.1) is 16.7 Å². The minimum Gasteiger partial charge on any atom is -0.361 e. The number of H-pyrrole nitrogens is 2. The van der Waals surface area contributed by atoms with Gasteiger partial charge in [-0.05, 0) is 46.3 Å². The first-order valence-corrected chi connectivity index (χ1v) is 12.6. The van der Waals surface area contributed by atoms with Gasteiger partial charge in [0.1, 0.15) is 0 Å². The van der Waals surface area contributed by atoms with Crippen LogP contribution in [0.4, 0.5) is 0 Å². The third-order valence-electron chi connectivity index (χ3n) is 7.55. The van der Waals surface area contributed by atoms with E-state index >= 15 is 0 Å². The second kappa shape index (κ2) is 7.96. The molecular formula is C30H42N4. The highest BCUT2D eigenvalue weighted by molar-refractivity contribution is 5.87. The number of rotatable bonds is 5. The molecule has 0 aliphatic heterocycles. The summed E-state index contributed by atoms with van der Waals surface area (Å²) in [6.07, 6.45) is 12.6. The van der Waals surface area contributed by atoms with E-state index in [2.05, 4.69) is 109 Å². The molecule has 0 amide bonds. The molecule has 4 aromatic heterocycles. The van der Waals surface area contributed by atoms with Gasteiger partial charge in [-0.25, -0.2) is 0 Å². The van der Waals surface area contributed by atoms with Crippen LogP contribution < -0.4 is 0 Å². The minimum atomic E-state index is -0.00593. The predicted octanol–water partition coefficient (Wildman–Crippen LogP) is 8.07. The van der Waals surface area contributed by atoms with Crippen LogP contribution in [0.2, 0.25) is 0 Å². The SMILES string of the molecule is CC(C)(C)c1c[nH]c2c(C(C)(C)CCC(C)(C)c3c[nH]c4c(C(C)(C)C)nccc34)cncc12. The molecule has 4 heterocycles. The first kappa shape index (κ1) is 24.5. The second-order valence-corrected chi connectivity index (χ2v) is 13.4. The first-order chi connectivity index (χ1) is 15.6. The van der Waals surface area contributed by atoms with E-state index in [9.17, 15) is 0 Å². The Kier molecular flexibility index (Phi) is 5.74. The van der Waals surface area contributed by atoms with E-state index in [4.69, 9.17) is 4.98 Å². The number of hydrogen-bond acceptors (Lipinski definition) is 2. The Labute approximate surface area is 205 Å². The molecule has 182 valence electrons. The molecule has 4 rings (SSSR count). The van der Waals surface area contributed by atoms with Gasteiger partial charge in [-0.3, -0.25) is 9.97 Å². The van der Waals surface area contributed by atoms with Crippen molar-refractivity contribution in [2.45, 2.75) is 104 Å². The van der Waals surface area contributed by atoms with Crippen LogP contribution in [0.25, 0.3) is 21.8 Å². The van der Waals surface area contributed by atoms with Gasteiger partial charge in [-0.1, -0.05) is 69.2 Å². The van der Waals surface area contributed by atoms with Crippen molar-refractivity contribution in [1.82, 2.24) is 19.9 Å². The molecule has 2 N–H and O–H groups in total. The molecule has 0 bridgehead atoms. The van der Waals surface area contributed by atoms with Crippen molar-refractivity contribution in [2.75, 3.05) is 0 Å². The van der Waals surface area contributed by atoms with Crippen molar-refractivity contribution in [1.29, 1.82) is 0 Å². The van der Waals surface area contributed by atoms with Gasteiger partial charge in [-0.15, -0.1) is 0 Å². The van der Waals surface area contributed by atoms with Crippen LogP contribution in [0, 0.1) is 0 Å². The topological polar surface area (TPSA) is 57.4 Å². The molecule has 4 nitrogen and oxygen atoms in total. The summed E-state index contributed by atoms with van der Waals surface area (Å²) in [5.74, 6) is 0. The van der Waals surface area contributed by atoms with Crippen molar-refractivity contribution in [3.05, 3.63) is 59.4 Å². The third kappa shape index (κ3) is 4.28. The number of fused-ring (bicyclic) bond motifs is 2. The van der Waals surface area contributed by atoms with E-state index in [0.29, 0.717) is 0 Å². The van der Waals surface area contributed by atoms with Crippen molar-refractivity contribution in [3.8, 4) is 0 Å². The molecule has 0 aromatic carbocycles. The number of aromatic amines is 2. The number of nitrogens with zero attached hydrogens (tertiary/aromatic N) is 2. The molecule has 0 aliphatic rings. The average molecular weight is 459 g/mol. The zero-order valence-electron chi connectivity index (χ0n) is 22.8. The Bertz CT molecular complexity index is 1320. The van der Waals surface area contributed by atoms with Gasteiger partial charge < -0.3 is 9.97 Å². The van der Waals surface area contributed by atoms with Gasteiger partial charge in [0.15, 0.2) is 0 Å². The van der Waals surface area contributed by atoms with Gasteiger partial charge in [0, 0.05) is 52.7 Å². The van der Waals surface area contributed by atoms with E-state index in [1.165, 1.54) is 38.5 Å². The first-order valence-electron chi connectivity index (χ1n) is 12.6. The molecule has 0 fully saturated rings. The molecule has 0 saturated heterocycles. The molecule has 0 radical (unpaired) electrons. The fourth-order valence-electron chi connectivity index (χ4n) is 5.25. The number of nitrogens with one attached hydrogen (secondary N) is 2. The van der Waals surface area contributed by atoms with Crippen LogP contribution in [0.5, 0.6) is 0 Å². The largest absolute Gasteiger partial charge is 0.361 e. The lowest BCUT2D eigenvalue weighted by Crippen LogP contribution is -2.24. The van der Waals surface area contributed by atoms with Crippen LogP contribution >= 0.6 is 0 Å². The van der Waals surface area contributed by atoms with Crippen molar-refractivity contribution >= 4 is 21.8 Å². The Morgan fingerprint density at radius 2 is 1.24 bits per heavy atom. The quantitative estimate of drug-likeness (QED) is 0.318. The van der Waals surface area contributed by atoms with Gasteiger partial charge in [0.2, 0.25) is 0 Å². The lowest BCUT2D eigenvalue weighted by Gasteiger charge is -2.32. The number of hydrogen-bond donors (Lipinski definition) is 2. The molecule has 4 aromatic rings. The van der Waals surface area contributed by atoms with Gasteiger partial charge in [0.25, 0.3) is 0 Å². The van der Waals surface area contributed by atoms with Crippen molar-refractivity contribution in [2.24, 2.45) is 0 Å². The molecule has 0 aliphatic carbocycles. The molecular weight excluding hydrogens is 416 g/mol. The highest BCUT2D eigenvalue weighted by atomic mass is 14.8. The fourth-order valence-corrected chi connectivity index (χ4v) is 5.25. The lowest BCUT2D eigenvalue weighted by molar-refractivity contribution is 0.377. The van der Waals surface area contributed by atoms with Crippen molar-refractivity contribution < 1.29 is 0 Å². The Morgan fingerprint density at radius 3 is 1.85 bits per heavy atom. The summed E-state index contributed by atoms with van der Waals surface area (Å²) in [6.45, 7) is 22.9. The average Bonchev–Trinajstić information content (AvgIpc) is 3.35. The van der Waals surface area contributed by atoms with Crippen molar-refractivity contribution in [3.63, 3.8) is 0 Å². The maximum Gasteiger partial charge on any atom is 0.0697 e. The van der Waals surface area contributed by atoms with E-state index in [1.54, 1.807) is 0 Å². The van der Waals surface area contributed by atoms with E-state index in [0.717, 1.165) is 18.5 Å². The van der Waals surface area contributed by atoms with Crippen LogP contribution in [-0.2, 0) is 21.7 Å². The monoisotopic (exact) mass is 458 g/mol. The van der Waals surface area contributed by atoms with Crippen LogP contribution in [-0.4, -0.2) is 19.9 Å². The maximum absolute atomic E-state index is 4.70. The summed E-state index contributed by atoms with van der Waals surface area (Å²) in [6, 6.07) is 2.17.